The van der Waals surface area contributed by atoms with Gasteiger partial charge in [-0.3, -0.25) is 0 Å². The zero-order chi connectivity index (χ0) is 17.8. The molecule has 0 aromatic carbocycles. The number of likely N-dealkylation sites (tertiary alicyclic amines) is 1. The standard InChI is InChI=1S/C15H20F3N3O3/c1-13(2,3)23-12(22)21-7-9(8-21)11-19-10(20-24-11)6-14(4-5-14)15(16,17)18/h9H,4-8H2,1-3H3. The molecule has 1 aromatic rings. The second-order valence-corrected chi connectivity index (χ2v) is 7.59. The van der Waals surface area contributed by atoms with Crippen LogP contribution in [0.5, 0.6) is 0 Å². The maximum atomic E-state index is 13.0. The van der Waals surface area contributed by atoms with Gasteiger partial charge in [-0.25, -0.2) is 4.79 Å². The van der Waals surface area contributed by atoms with Crippen molar-refractivity contribution >= 4 is 6.09 Å². The molecule has 2 heterocycles. The average molecular weight is 347 g/mol. The number of hydrogen-bond donors (Lipinski definition) is 0. The summed E-state index contributed by atoms with van der Waals surface area (Å²) >= 11 is 0. The highest BCUT2D eigenvalue weighted by Crippen LogP contribution is 2.59. The predicted octanol–water partition coefficient (Wildman–Crippen LogP) is 3.29. The fourth-order valence-corrected chi connectivity index (χ4v) is 2.63. The molecule has 0 spiro atoms. The Kier molecular flexibility index (Phi) is 3.80. The summed E-state index contributed by atoms with van der Waals surface area (Å²) in [5.41, 5.74) is -2.26. The van der Waals surface area contributed by atoms with Crippen molar-refractivity contribution in [2.24, 2.45) is 5.41 Å². The molecule has 2 aliphatic rings. The van der Waals surface area contributed by atoms with Crippen LogP contribution in [0.3, 0.4) is 0 Å². The monoisotopic (exact) mass is 347 g/mol. The van der Waals surface area contributed by atoms with Gasteiger partial charge in [-0.05, 0) is 33.6 Å². The van der Waals surface area contributed by atoms with Crippen LogP contribution < -0.4 is 0 Å². The van der Waals surface area contributed by atoms with Crippen molar-refractivity contribution in [2.45, 2.75) is 57.7 Å². The van der Waals surface area contributed by atoms with Crippen LogP contribution >= 0.6 is 0 Å². The van der Waals surface area contributed by atoms with Gasteiger partial charge in [0.2, 0.25) is 5.89 Å². The molecule has 134 valence electrons. The fourth-order valence-electron chi connectivity index (χ4n) is 2.63. The minimum Gasteiger partial charge on any atom is -0.444 e. The van der Waals surface area contributed by atoms with Crippen LogP contribution in [0.4, 0.5) is 18.0 Å². The molecule has 9 heteroatoms. The van der Waals surface area contributed by atoms with E-state index in [1.54, 1.807) is 20.8 Å². The summed E-state index contributed by atoms with van der Waals surface area (Å²) in [4.78, 5) is 17.4. The normalized spacial score (nSPS) is 20.7. The SMILES string of the molecule is CC(C)(C)OC(=O)N1CC(c2nc(CC3(C(F)(F)F)CC3)no2)C1. The number of alkyl halides is 3. The van der Waals surface area contributed by atoms with Crippen molar-refractivity contribution in [1.82, 2.24) is 15.0 Å². The van der Waals surface area contributed by atoms with Crippen molar-refractivity contribution in [2.75, 3.05) is 13.1 Å². The van der Waals surface area contributed by atoms with Crippen LogP contribution in [0.2, 0.25) is 0 Å². The highest BCUT2D eigenvalue weighted by atomic mass is 19.4. The zero-order valence-corrected chi connectivity index (χ0v) is 13.8. The molecule has 1 aliphatic carbocycles. The minimum absolute atomic E-state index is 0.0792. The van der Waals surface area contributed by atoms with E-state index >= 15 is 0 Å². The maximum absolute atomic E-state index is 13.0. The van der Waals surface area contributed by atoms with Crippen molar-refractivity contribution < 1.29 is 27.2 Å². The number of halogens is 3. The van der Waals surface area contributed by atoms with E-state index in [1.165, 1.54) is 4.90 Å². The van der Waals surface area contributed by atoms with Crippen molar-refractivity contribution in [3.8, 4) is 0 Å². The van der Waals surface area contributed by atoms with Crippen LogP contribution in [0, 0.1) is 5.41 Å². The van der Waals surface area contributed by atoms with E-state index in [2.05, 4.69) is 10.1 Å². The average Bonchev–Trinajstić information content (AvgIpc) is 2.99. The largest absolute Gasteiger partial charge is 0.444 e. The van der Waals surface area contributed by atoms with Gasteiger partial charge in [0, 0.05) is 19.5 Å². The minimum atomic E-state index is -4.24. The summed E-state index contributed by atoms with van der Waals surface area (Å²) in [6, 6.07) is 0. The van der Waals surface area contributed by atoms with Crippen molar-refractivity contribution in [1.29, 1.82) is 0 Å². The van der Waals surface area contributed by atoms with Crippen LogP contribution in [-0.2, 0) is 11.2 Å². The van der Waals surface area contributed by atoms with Crippen molar-refractivity contribution in [3.63, 3.8) is 0 Å². The number of carbonyl (C=O) groups is 1. The second kappa shape index (κ2) is 5.35. The van der Waals surface area contributed by atoms with E-state index < -0.39 is 23.3 Å². The first kappa shape index (κ1) is 17.0. The molecule has 1 aliphatic heterocycles. The zero-order valence-electron chi connectivity index (χ0n) is 13.8. The van der Waals surface area contributed by atoms with Gasteiger partial charge >= 0.3 is 12.3 Å². The first-order valence-electron chi connectivity index (χ1n) is 7.86. The molecule has 0 N–H and O–H groups in total. The fraction of sp³-hybridized carbons (Fsp3) is 0.800. The Bertz CT molecular complexity index is 626. The van der Waals surface area contributed by atoms with Crippen molar-refractivity contribution in [3.05, 3.63) is 11.7 Å². The van der Waals surface area contributed by atoms with Gasteiger partial charge in [-0.15, -0.1) is 0 Å². The number of carbonyl (C=O) groups excluding carboxylic acids is 1. The predicted molar refractivity (Wildman–Crippen MR) is 76.3 cm³/mol. The van der Waals surface area contributed by atoms with Gasteiger partial charge in [0.05, 0.1) is 11.3 Å². The topological polar surface area (TPSA) is 68.5 Å². The molecule has 1 saturated heterocycles. The smallest absolute Gasteiger partial charge is 0.410 e. The number of rotatable bonds is 3. The lowest BCUT2D eigenvalue weighted by Gasteiger charge is -2.37. The van der Waals surface area contributed by atoms with Gasteiger partial charge in [-0.1, -0.05) is 5.16 Å². The summed E-state index contributed by atoms with van der Waals surface area (Å²) in [5.74, 6) is 0.207. The molecule has 1 amide bonds. The Morgan fingerprint density at radius 2 is 1.96 bits per heavy atom. The summed E-state index contributed by atoms with van der Waals surface area (Å²) in [6.45, 7) is 6.06. The van der Waals surface area contributed by atoms with E-state index in [9.17, 15) is 18.0 Å². The van der Waals surface area contributed by atoms with Crippen LogP contribution in [0.1, 0.15) is 51.2 Å². The molecule has 2 fully saturated rings. The molecule has 0 atom stereocenters. The van der Waals surface area contributed by atoms with E-state index in [0.29, 0.717) is 13.1 Å². The lowest BCUT2D eigenvalue weighted by molar-refractivity contribution is -0.187. The van der Waals surface area contributed by atoms with E-state index in [0.717, 1.165) is 0 Å². The molecule has 0 radical (unpaired) electrons. The second-order valence-electron chi connectivity index (χ2n) is 7.59. The number of hydrogen-bond acceptors (Lipinski definition) is 5. The maximum Gasteiger partial charge on any atom is 0.410 e. The summed E-state index contributed by atoms with van der Waals surface area (Å²) < 4.78 is 49.2. The Labute approximate surface area is 137 Å². The molecule has 0 unspecified atom stereocenters. The van der Waals surface area contributed by atoms with Crippen LogP contribution in [-0.4, -0.2) is 46.0 Å². The molecular formula is C15H20F3N3O3. The quantitative estimate of drug-likeness (QED) is 0.839. The van der Waals surface area contributed by atoms with Gasteiger partial charge in [0.25, 0.3) is 0 Å². The highest BCUT2D eigenvalue weighted by molar-refractivity contribution is 5.69. The Morgan fingerprint density at radius 1 is 1.33 bits per heavy atom. The molecule has 24 heavy (non-hydrogen) atoms. The molecular weight excluding hydrogens is 327 g/mol. The van der Waals surface area contributed by atoms with Crippen LogP contribution in [0.15, 0.2) is 4.52 Å². The first-order chi connectivity index (χ1) is 11.0. The molecule has 1 aromatic heterocycles. The van der Waals surface area contributed by atoms with Crippen LogP contribution in [0.25, 0.3) is 0 Å². The lowest BCUT2D eigenvalue weighted by atomic mass is 10.00. The number of aromatic nitrogens is 2. The van der Waals surface area contributed by atoms with E-state index in [1.807, 2.05) is 0 Å². The molecule has 6 nitrogen and oxygen atoms in total. The van der Waals surface area contributed by atoms with Gasteiger partial charge < -0.3 is 14.2 Å². The molecule has 1 saturated carbocycles. The summed E-state index contributed by atoms with van der Waals surface area (Å²) in [6.07, 6.45) is -4.69. The summed E-state index contributed by atoms with van der Waals surface area (Å²) in [5, 5.41) is 3.67. The van der Waals surface area contributed by atoms with Gasteiger partial charge in [0.1, 0.15) is 5.60 Å². The third-order valence-corrected chi connectivity index (χ3v) is 4.32. The highest BCUT2D eigenvalue weighted by Gasteiger charge is 2.63. The number of nitrogens with zero attached hydrogens (tertiary/aromatic N) is 3. The number of ether oxygens (including phenoxy) is 1. The number of amides is 1. The third-order valence-electron chi connectivity index (χ3n) is 4.32. The summed E-state index contributed by atoms with van der Waals surface area (Å²) in [7, 11) is 0. The first-order valence-corrected chi connectivity index (χ1v) is 7.86. The van der Waals surface area contributed by atoms with Gasteiger partial charge in [-0.2, -0.15) is 18.2 Å². The molecule has 0 bridgehead atoms. The molecule has 3 rings (SSSR count). The van der Waals surface area contributed by atoms with E-state index in [4.69, 9.17) is 9.26 Å². The Hall–Kier alpha value is -1.80. The lowest BCUT2D eigenvalue weighted by Crippen LogP contribution is -2.50. The van der Waals surface area contributed by atoms with E-state index in [-0.39, 0.29) is 36.9 Å². The third kappa shape index (κ3) is 3.34. The Morgan fingerprint density at radius 3 is 2.46 bits per heavy atom. The Balaban J connectivity index is 1.54. The van der Waals surface area contributed by atoms with Gasteiger partial charge in [0.15, 0.2) is 5.82 Å².